The first-order chi connectivity index (χ1) is 8.52. The molecule has 0 aliphatic rings. The van der Waals surface area contributed by atoms with Crippen molar-refractivity contribution in [3.63, 3.8) is 0 Å². The van der Waals surface area contributed by atoms with E-state index in [1.165, 1.54) is 0 Å². The fourth-order valence-corrected chi connectivity index (χ4v) is 1.58. The minimum atomic E-state index is -0.673. The minimum Gasteiger partial charge on any atom is -0.387 e. The first-order valence-electron chi connectivity index (χ1n) is 5.72. The number of nitrogens with two attached hydrogens (primary N) is 1. The van der Waals surface area contributed by atoms with Crippen molar-refractivity contribution in [2.75, 3.05) is 6.54 Å². The maximum Gasteiger partial charge on any atom is 0.218 e. The number of primary amides is 1. The summed E-state index contributed by atoms with van der Waals surface area (Å²) in [6.07, 6.45) is -0.437. The average Bonchev–Trinajstić information content (AvgIpc) is 2.35. The van der Waals surface area contributed by atoms with Crippen LogP contribution in [0.5, 0.6) is 0 Å². The normalized spacial score (nSPS) is 13.6. The number of nitrogens with zero attached hydrogens (tertiary/aromatic N) is 1. The summed E-state index contributed by atoms with van der Waals surface area (Å²) in [5.74, 6) is -0.372. The molecule has 1 amide bonds. The monoisotopic (exact) mass is 247 g/mol. The third-order valence-corrected chi connectivity index (χ3v) is 2.59. The molecule has 0 spiro atoms. The molecule has 1 aromatic rings. The van der Waals surface area contributed by atoms with Crippen molar-refractivity contribution in [2.24, 2.45) is 5.73 Å². The van der Waals surface area contributed by atoms with E-state index < -0.39 is 6.10 Å². The lowest BCUT2D eigenvalue weighted by molar-refractivity contribution is -0.118. The third-order valence-electron chi connectivity index (χ3n) is 2.59. The smallest absolute Gasteiger partial charge is 0.218 e. The van der Waals surface area contributed by atoms with Gasteiger partial charge < -0.3 is 16.2 Å². The van der Waals surface area contributed by atoms with Crippen molar-refractivity contribution in [1.29, 1.82) is 5.26 Å². The Morgan fingerprint density at radius 2 is 2.11 bits per heavy atom. The molecule has 0 fully saturated rings. The zero-order valence-electron chi connectivity index (χ0n) is 10.3. The third kappa shape index (κ3) is 4.53. The molecule has 0 aliphatic heterocycles. The molecule has 4 N–H and O–H groups in total. The maximum absolute atomic E-state index is 10.7. The molecule has 5 heteroatoms. The molecular weight excluding hydrogens is 230 g/mol. The molecule has 0 saturated carbocycles. The van der Waals surface area contributed by atoms with Crippen LogP contribution in [0.25, 0.3) is 0 Å². The number of aliphatic hydroxyl groups is 1. The summed E-state index contributed by atoms with van der Waals surface area (Å²) in [5.41, 5.74) is 6.36. The Labute approximate surface area is 106 Å². The van der Waals surface area contributed by atoms with Crippen molar-refractivity contribution in [2.45, 2.75) is 25.5 Å². The Balaban J connectivity index is 2.47. The lowest BCUT2D eigenvalue weighted by atomic mass is 10.1. The molecule has 1 rings (SSSR count). The minimum absolute atomic E-state index is 0.0736. The second kappa shape index (κ2) is 6.74. The van der Waals surface area contributed by atoms with E-state index in [0.717, 1.165) is 5.56 Å². The Morgan fingerprint density at radius 3 is 2.61 bits per heavy atom. The highest BCUT2D eigenvalue weighted by Gasteiger charge is 2.10. The van der Waals surface area contributed by atoms with Crippen LogP contribution in [0.3, 0.4) is 0 Å². The standard InChI is InChI=1S/C13H17N3O2/c1-9(6-13(15)18)16-8-12(17)11-4-2-10(7-14)3-5-11/h2-5,9,12,16-17H,6,8H2,1H3,(H2,15,18). The molecule has 0 radical (unpaired) electrons. The van der Waals surface area contributed by atoms with Crippen molar-refractivity contribution >= 4 is 5.91 Å². The van der Waals surface area contributed by atoms with Crippen LogP contribution < -0.4 is 11.1 Å². The lowest BCUT2D eigenvalue weighted by Crippen LogP contribution is -2.33. The summed E-state index contributed by atoms with van der Waals surface area (Å²) in [7, 11) is 0. The molecule has 0 heterocycles. The Bertz CT molecular complexity index is 437. The van der Waals surface area contributed by atoms with Crippen LogP contribution in [-0.2, 0) is 4.79 Å². The number of carbonyl (C=O) groups is 1. The van der Waals surface area contributed by atoms with Crippen molar-refractivity contribution in [3.05, 3.63) is 35.4 Å². The molecule has 96 valence electrons. The fraction of sp³-hybridized carbons (Fsp3) is 0.385. The molecule has 0 bridgehead atoms. The molecule has 5 nitrogen and oxygen atoms in total. The highest BCUT2D eigenvalue weighted by atomic mass is 16.3. The first-order valence-corrected chi connectivity index (χ1v) is 5.72. The van der Waals surface area contributed by atoms with Crippen LogP contribution in [0.4, 0.5) is 0 Å². The van der Waals surface area contributed by atoms with Gasteiger partial charge in [-0.15, -0.1) is 0 Å². The highest BCUT2D eigenvalue weighted by molar-refractivity contribution is 5.74. The summed E-state index contributed by atoms with van der Waals surface area (Å²) in [4.78, 5) is 10.7. The Kier molecular flexibility index (Phi) is 5.31. The second-order valence-electron chi connectivity index (χ2n) is 4.23. The molecule has 1 aromatic carbocycles. The van der Waals surface area contributed by atoms with Gasteiger partial charge in [0.15, 0.2) is 0 Å². The topological polar surface area (TPSA) is 99.1 Å². The summed E-state index contributed by atoms with van der Waals surface area (Å²) in [6.45, 7) is 2.16. The van der Waals surface area contributed by atoms with E-state index >= 15 is 0 Å². The Morgan fingerprint density at radius 1 is 1.50 bits per heavy atom. The van der Waals surface area contributed by atoms with Gasteiger partial charge in [0.25, 0.3) is 0 Å². The number of nitriles is 1. The van der Waals surface area contributed by atoms with Crippen LogP contribution in [0.2, 0.25) is 0 Å². The number of benzene rings is 1. The van der Waals surface area contributed by atoms with E-state index in [2.05, 4.69) is 5.32 Å². The molecule has 18 heavy (non-hydrogen) atoms. The zero-order chi connectivity index (χ0) is 13.5. The molecule has 2 atom stereocenters. The SMILES string of the molecule is CC(CC(N)=O)NCC(O)c1ccc(C#N)cc1. The average molecular weight is 247 g/mol. The van der Waals surface area contributed by atoms with Crippen molar-refractivity contribution in [1.82, 2.24) is 5.32 Å². The van der Waals surface area contributed by atoms with E-state index in [4.69, 9.17) is 11.0 Å². The van der Waals surface area contributed by atoms with Gasteiger partial charge in [-0.05, 0) is 24.6 Å². The molecule has 0 aliphatic carbocycles. The number of hydrogen-bond donors (Lipinski definition) is 3. The van der Waals surface area contributed by atoms with Crippen LogP contribution in [0.15, 0.2) is 24.3 Å². The Hall–Kier alpha value is -1.90. The number of aliphatic hydroxyl groups excluding tert-OH is 1. The van der Waals surface area contributed by atoms with Gasteiger partial charge in [-0.2, -0.15) is 5.26 Å². The number of carbonyl (C=O) groups excluding carboxylic acids is 1. The van der Waals surface area contributed by atoms with Gasteiger partial charge in [0.2, 0.25) is 5.91 Å². The van der Waals surface area contributed by atoms with E-state index in [1.807, 2.05) is 13.0 Å². The molecule has 2 unspecified atom stereocenters. The predicted octanol–water partition coefficient (Wildman–Crippen LogP) is 0.445. The largest absolute Gasteiger partial charge is 0.387 e. The highest BCUT2D eigenvalue weighted by Crippen LogP contribution is 2.13. The summed E-state index contributed by atoms with van der Waals surface area (Å²) >= 11 is 0. The van der Waals surface area contributed by atoms with Crippen molar-refractivity contribution in [3.8, 4) is 6.07 Å². The van der Waals surface area contributed by atoms with E-state index in [1.54, 1.807) is 24.3 Å². The van der Waals surface area contributed by atoms with Crippen LogP contribution in [0, 0.1) is 11.3 Å². The summed E-state index contributed by atoms with van der Waals surface area (Å²) in [5, 5.41) is 21.6. The van der Waals surface area contributed by atoms with Crippen LogP contribution >= 0.6 is 0 Å². The van der Waals surface area contributed by atoms with Crippen LogP contribution in [0.1, 0.15) is 30.6 Å². The maximum atomic E-state index is 10.7. The molecule has 0 aromatic heterocycles. The van der Waals surface area contributed by atoms with Gasteiger partial charge in [0.1, 0.15) is 0 Å². The van der Waals surface area contributed by atoms with Gasteiger partial charge in [0.05, 0.1) is 17.7 Å². The molecule has 0 saturated heterocycles. The number of amides is 1. The van der Waals surface area contributed by atoms with E-state index in [-0.39, 0.29) is 18.4 Å². The summed E-state index contributed by atoms with van der Waals surface area (Å²) in [6, 6.07) is 8.68. The number of nitrogens with one attached hydrogen (secondary N) is 1. The van der Waals surface area contributed by atoms with Gasteiger partial charge in [-0.1, -0.05) is 12.1 Å². The lowest BCUT2D eigenvalue weighted by Gasteiger charge is -2.16. The molecular formula is C13H17N3O2. The van der Waals surface area contributed by atoms with Gasteiger partial charge >= 0.3 is 0 Å². The zero-order valence-corrected chi connectivity index (χ0v) is 10.3. The summed E-state index contributed by atoms with van der Waals surface area (Å²) < 4.78 is 0. The van der Waals surface area contributed by atoms with Crippen LogP contribution in [-0.4, -0.2) is 23.6 Å². The van der Waals surface area contributed by atoms with E-state index in [0.29, 0.717) is 12.1 Å². The predicted molar refractivity (Wildman–Crippen MR) is 67.4 cm³/mol. The fourth-order valence-electron chi connectivity index (χ4n) is 1.58. The van der Waals surface area contributed by atoms with Gasteiger partial charge in [-0.25, -0.2) is 0 Å². The number of hydrogen-bond acceptors (Lipinski definition) is 4. The second-order valence-corrected chi connectivity index (χ2v) is 4.23. The quantitative estimate of drug-likeness (QED) is 0.679. The van der Waals surface area contributed by atoms with Gasteiger partial charge in [0, 0.05) is 19.0 Å². The number of rotatable bonds is 6. The first kappa shape index (κ1) is 14.2. The van der Waals surface area contributed by atoms with Crippen molar-refractivity contribution < 1.29 is 9.90 Å². The van der Waals surface area contributed by atoms with E-state index in [9.17, 15) is 9.90 Å². The van der Waals surface area contributed by atoms with Gasteiger partial charge in [-0.3, -0.25) is 4.79 Å².